The fraction of sp³-hybridized carbons (Fsp3) is 0.385. The lowest BCUT2D eigenvalue weighted by molar-refractivity contribution is -0.160. The van der Waals surface area contributed by atoms with Gasteiger partial charge >= 0.3 is 12.1 Å². The van der Waals surface area contributed by atoms with Gasteiger partial charge in [0.25, 0.3) is 5.91 Å². The number of β-amino-alcohol motifs (C(OH)–C–C–N with tert-alkyl or cyclic N) is 1. The molecule has 1 heterocycles. The highest BCUT2D eigenvalue weighted by Crippen LogP contribution is 2.59. The number of nitrogens with zero attached hydrogens (tertiary/aromatic N) is 1. The largest absolute Gasteiger partial charge is 0.508 e. The van der Waals surface area contributed by atoms with Gasteiger partial charge in [0.15, 0.2) is 5.96 Å². The predicted molar refractivity (Wildman–Crippen MR) is 145 cm³/mol. The van der Waals surface area contributed by atoms with E-state index < -0.39 is 54.5 Å². The number of amides is 2. The minimum absolute atomic E-state index is 0.00246. The molecule has 1 saturated carbocycles. The zero-order chi connectivity index (χ0) is 29.9. The van der Waals surface area contributed by atoms with E-state index in [0.29, 0.717) is 16.1 Å². The number of phenols is 1. The van der Waals surface area contributed by atoms with Crippen LogP contribution in [-0.2, 0) is 15.0 Å². The third kappa shape index (κ3) is 7.47. The van der Waals surface area contributed by atoms with Gasteiger partial charge in [0.05, 0.1) is 37.1 Å². The van der Waals surface area contributed by atoms with E-state index in [9.17, 15) is 42.9 Å². The number of carbonyl (C=O) groups excluding carboxylic acids is 2. The quantitative estimate of drug-likeness (QED) is 0.219. The van der Waals surface area contributed by atoms with Crippen molar-refractivity contribution in [1.29, 1.82) is 0 Å². The number of benzene rings is 2. The van der Waals surface area contributed by atoms with Crippen LogP contribution in [0.15, 0.2) is 45.9 Å². The van der Waals surface area contributed by atoms with Crippen molar-refractivity contribution in [2.45, 2.75) is 43.0 Å². The normalized spacial score (nSPS) is 18.4. The molecule has 1 aliphatic carbocycles. The molecule has 2 aromatic carbocycles. The molecule has 0 saturated heterocycles. The smallest absolute Gasteiger partial charge is 0.398 e. The summed E-state index contributed by atoms with van der Waals surface area (Å²) in [4.78, 5) is 41.0. The van der Waals surface area contributed by atoms with Crippen molar-refractivity contribution >= 4 is 45.4 Å². The van der Waals surface area contributed by atoms with Crippen LogP contribution >= 0.6 is 15.9 Å². The van der Waals surface area contributed by atoms with E-state index in [1.54, 1.807) is 0 Å². The second kappa shape index (κ2) is 11.9. The molecule has 0 bridgehead atoms. The maximum atomic E-state index is 13.7. The predicted octanol–water partition coefficient (Wildman–Crippen LogP) is 2.54. The lowest BCUT2D eigenvalue weighted by Gasteiger charge is -2.23. The molecule has 0 radical (unpaired) electrons. The van der Waals surface area contributed by atoms with Gasteiger partial charge in [-0.3, -0.25) is 19.4 Å². The minimum atomic E-state index is -4.48. The average Bonchev–Trinajstić information content (AvgIpc) is 3.70. The molecule has 1 unspecified atom stereocenters. The highest BCUT2D eigenvalue weighted by Gasteiger charge is 2.64. The molecule has 11 nitrogen and oxygen atoms in total. The Balaban J connectivity index is 1.43. The van der Waals surface area contributed by atoms with Crippen LogP contribution in [0.25, 0.3) is 0 Å². The van der Waals surface area contributed by atoms with Crippen molar-refractivity contribution < 1.29 is 42.9 Å². The van der Waals surface area contributed by atoms with Gasteiger partial charge in [-0.1, -0.05) is 22.0 Å². The summed E-state index contributed by atoms with van der Waals surface area (Å²) in [5.74, 6) is -2.71. The van der Waals surface area contributed by atoms with Crippen LogP contribution in [-0.4, -0.2) is 71.0 Å². The summed E-state index contributed by atoms with van der Waals surface area (Å²) < 4.78 is 41.4. The van der Waals surface area contributed by atoms with E-state index in [-0.39, 0.29) is 48.4 Å². The van der Waals surface area contributed by atoms with E-state index >= 15 is 0 Å². The number of aromatic hydroxyl groups is 1. The van der Waals surface area contributed by atoms with Crippen LogP contribution in [0.1, 0.15) is 46.8 Å². The molecule has 220 valence electrons. The van der Waals surface area contributed by atoms with Crippen molar-refractivity contribution in [2.75, 3.05) is 25.0 Å². The number of hydrogen-bond acceptors (Lipinski definition) is 8. The van der Waals surface area contributed by atoms with Crippen molar-refractivity contribution in [3.8, 4) is 5.75 Å². The summed E-state index contributed by atoms with van der Waals surface area (Å²) in [7, 11) is 0. The third-order valence-corrected chi connectivity index (χ3v) is 7.16. The van der Waals surface area contributed by atoms with Gasteiger partial charge in [0.1, 0.15) is 5.75 Å². The maximum absolute atomic E-state index is 13.7. The third-order valence-electron chi connectivity index (χ3n) is 6.70. The van der Waals surface area contributed by atoms with Crippen molar-refractivity contribution in [3.05, 3.63) is 57.6 Å². The number of aliphatic hydroxyl groups is 1. The molecule has 1 fully saturated rings. The molecule has 2 aliphatic rings. The fourth-order valence-electron chi connectivity index (χ4n) is 4.45. The summed E-state index contributed by atoms with van der Waals surface area (Å²) in [6.07, 6.45) is -5.90. The highest BCUT2D eigenvalue weighted by molar-refractivity contribution is 9.10. The van der Waals surface area contributed by atoms with Crippen LogP contribution < -0.4 is 21.3 Å². The van der Waals surface area contributed by atoms with Crippen LogP contribution in [0.4, 0.5) is 18.9 Å². The lowest BCUT2D eigenvalue weighted by atomic mass is 9.91. The molecule has 1 aliphatic heterocycles. The zero-order valence-corrected chi connectivity index (χ0v) is 23.0. The Morgan fingerprint density at radius 2 is 1.88 bits per heavy atom. The molecule has 7 N–H and O–H groups in total. The number of aliphatic hydroxyl groups excluding tert-OH is 1. The fourth-order valence-corrected chi connectivity index (χ4v) is 4.96. The van der Waals surface area contributed by atoms with Gasteiger partial charge in [-0.2, -0.15) is 13.2 Å². The van der Waals surface area contributed by atoms with Gasteiger partial charge in [-0.15, -0.1) is 0 Å². The number of aliphatic imine (C=N–C) groups is 1. The van der Waals surface area contributed by atoms with Gasteiger partial charge in [0.2, 0.25) is 5.91 Å². The van der Waals surface area contributed by atoms with E-state index in [0.717, 1.165) is 0 Å². The Morgan fingerprint density at radius 3 is 2.49 bits per heavy atom. The topological polar surface area (TPSA) is 172 Å². The summed E-state index contributed by atoms with van der Waals surface area (Å²) in [5.41, 5.74) is -1.56. The number of aliphatic carboxylic acids is 1. The average molecular weight is 642 g/mol. The lowest BCUT2D eigenvalue weighted by Crippen LogP contribution is -2.42. The number of alkyl halides is 3. The van der Waals surface area contributed by atoms with Crippen LogP contribution in [0.2, 0.25) is 0 Å². The Kier molecular flexibility index (Phi) is 8.77. The number of rotatable bonds is 9. The van der Waals surface area contributed by atoms with Crippen LogP contribution in [0.5, 0.6) is 5.75 Å². The maximum Gasteiger partial charge on any atom is 0.398 e. The number of halogens is 4. The second-order valence-corrected chi connectivity index (χ2v) is 10.8. The Labute approximate surface area is 240 Å². The minimum Gasteiger partial charge on any atom is -0.508 e. The number of guanidine groups is 1. The Hall–Kier alpha value is -3.85. The molecule has 41 heavy (non-hydrogen) atoms. The van der Waals surface area contributed by atoms with E-state index in [1.165, 1.54) is 36.4 Å². The van der Waals surface area contributed by atoms with Gasteiger partial charge in [0, 0.05) is 28.3 Å². The van der Waals surface area contributed by atoms with Crippen molar-refractivity contribution in [2.24, 2.45) is 4.99 Å². The Bertz CT molecular complexity index is 1380. The van der Waals surface area contributed by atoms with Gasteiger partial charge in [-0.05, 0) is 48.2 Å². The van der Waals surface area contributed by atoms with Crippen LogP contribution in [0.3, 0.4) is 0 Å². The first-order valence-corrected chi connectivity index (χ1v) is 13.3. The number of anilines is 1. The number of hydrogen-bond donors (Lipinski definition) is 7. The molecule has 0 spiro atoms. The Morgan fingerprint density at radius 1 is 1.15 bits per heavy atom. The molecule has 4 rings (SSSR count). The number of phenolic OH excluding ortho intramolecular Hbond substituents is 1. The standard InChI is InChI=1S/C26H27BrF3N5O6/c27-16-4-13(3-15(7-16)25(1-2-25)26(28,29)30)20(9-22(39)40)35-21(38)12-31-23(41)14-5-17(8-18(36)6-14)34-24-32-10-19(37)11-33-24/h3-8,19-20,36-37H,1-2,9-12H2,(H,31,41)(H,35,38)(H,39,40)(H2,32,33,34)/t20-/m0/s1. The number of nitrogens with one attached hydrogen (secondary N) is 4. The number of carboxylic acids is 1. The van der Waals surface area contributed by atoms with Gasteiger partial charge < -0.3 is 36.6 Å². The van der Waals surface area contributed by atoms with Crippen molar-refractivity contribution in [1.82, 2.24) is 16.0 Å². The highest BCUT2D eigenvalue weighted by atomic mass is 79.9. The van der Waals surface area contributed by atoms with E-state index in [1.807, 2.05) is 0 Å². The summed E-state index contributed by atoms with van der Waals surface area (Å²) in [6, 6.07) is 6.77. The molecule has 2 atom stereocenters. The van der Waals surface area contributed by atoms with Crippen LogP contribution in [0, 0.1) is 0 Å². The molecular formula is C26H27BrF3N5O6. The molecule has 2 amide bonds. The van der Waals surface area contributed by atoms with E-state index in [4.69, 9.17) is 0 Å². The number of carbonyl (C=O) groups is 3. The first-order valence-electron chi connectivity index (χ1n) is 12.5. The molecular weight excluding hydrogens is 615 g/mol. The SMILES string of the molecule is O=C(O)C[C@H](NC(=O)CNC(=O)c1cc(O)cc(NC2=NCC(O)CN2)c1)c1cc(Br)cc(C2(C(F)(F)F)CC2)c1. The monoisotopic (exact) mass is 641 g/mol. The summed E-state index contributed by atoms with van der Waals surface area (Å²) in [6.45, 7) is -0.142. The van der Waals surface area contributed by atoms with Crippen molar-refractivity contribution in [3.63, 3.8) is 0 Å². The summed E-state index contributed by atoms with van der Waals surface area (Å²) in [5, 5.41) is 39.5. The molecule has 2 aromatic rings. The molecule has 15 heteroatoms. The summed E-state index contributed by atoms with van der Waals surface area (Å²) >= 11 is 3.19. The first-order chi connectivity index (χ1) is 19.3. The second-order valence-electron chi connectivity index (χ2n) is 9.87. The first kappa shape index (κ1) is 30.1. The van der Waals surface area contributed by atoms with E-state index in [2.05, 4.69) is 42.2 Å². The zero-order valence-electron chi connectivity index (χ0n) is 21.4. The van der Waals surface area contributed by atoms with Gasteiger partial charge in [-0.25, -0.2) is 0 Å². The molecule has 0 aromatic heterocycles. The number of carboxylic acid groups (broad SMARTS) is 1.